The minimum absolute atomic E-state index is 0.0786. The minimum Gasteiger partial charge on any atom is -0.491 e. The zero-order valence-electron chi connectivity index (χ0n) is 20.5. The molecule has 0 bridgehead atoms. The highest BCUT2D eigenvalue weighted by Crippen LogP contribution is 2.39. The second-order valence-corrected chi connectivity index (χ2v) is 9.36. The third-order valence-corrected chi connectivity index (χ3v) is 7.05. The van der Waals surface area contributed by atoms with Crippen LogP contribution in [0.2, 0.25) is 0 Å². The van der Waals surface area contributed by atoms with Crippen LogP contribution in [0.5, 0.6) is 5.75 Å². The Morgan fingerprint density at radius 3 is 2.17 bits per heavy atom. The highest BCUT2D eigenvalue weighted by molar-refractivity contribution is 5.65. The number of allylic oxidation sites excluding steroid dienone is 2. The molecule has 4 heteroatoms. The highest BCUT2D eigenvalue weighted by Gasteiger charge is 2.25. The molecular weight excluding hydrogens is 445 g/mol. The summed E-state index contributed by atoms with van der Waals surface area (Å²) < 4.78 is 49.4. The molecule has 0 N–H and O–H groups in total. The van der Waals surface area contributed by atoms with Gasteiger partial charge in [-0.2, -0.15) is 0 Å². The fraction of sp³-hybridized carbons (Fsp3) is 0.355. The van der Waals surface area contributed by atoms with Crippen molar-refractivity contribution in [3.8, 4) is 16.9 Å². The first-order valence-corrected chi connectivity index (χ1v) is 12.6. The summed E-state index contributed by atoms with van der Waals surface area (Å²) in [6.07, 6.45) is 9.50. The lowest BCUT2D eigenvalue weighted by atomic mass is 9.78. The third-order valence-electron chi connectivity index (χ3n) is 7.05. The van der Waals surface area contributed by atoms with E-state index in [0.29, 0.717) is 30.1 Å². The lowest BCUT2D eigenvalue weighted by Crippen LogP contribution is -2.13. The van der Waals surface area contributed by atoms with Crippen LogP contribution in [0.1, 0.15) is 62.1 Å². The molecule has 3 aromatic carbocycles. The monoisotopic (exact) mass is 478 g/mol. The average Bonchev–Trinajstić information content (AvgIpc) is 2.87. The van der Waals surface area contributed by atoms with Crippen molar-refractivity contribution >= 4 is 0 Å². The molecule has 0 aliphatic heterocycles. The number of benzene rings is 3. The normalized spacial score (nSPS) is 18.2. The molecular formula is C31H33F3O. The van der Waals surface area contributed by atoms with Crippen LogP contribution in [0.25, 0.3) is 11.1 Å². The van der Waals surface area contributed by atoms with Gasteiger partial charge in [-0.15, -0.1) is 0 Å². The molecule has 0 amide bonds. The van der Waals surface area contributed by atoms with Crippen LogP contribution >= 0.6 is 0 Å². The fourth-order valence-corrected chi connectivity index (χ4v) is 5.11. The number of hydrogen-bond acceptors (Lipinski definition) is 1. The molecule has 0 radical (unpaired) electrons. The summed E-state index contributed by atoms with van der Waals surface area (Å²) in [5.74, 6) is -0.937. The number of hydrogen-bond donors (Lipinski definition) is 0. The Bertz CT molecular complexity index is 1160. The molecule has 1 saturated carbocycles. The van der Waals surface area contributed by atoms with Gasteiger partial charge < -0.3 is 4.74 Å². The minimum atomic E-state index is -0.768. The van der Waals surface area contributed by atoms with E-state index in [1.54, 1.807) is 18.2 Å². The van der Waals surface area contributed by atoms with Gasteiger partial charge in [0.15, 0.2) is 23.2 Å². The van der Waals surface area contributed by atoms with Crippen molar-refractivity contribution in [2.24, 2.45) is 5.92 Å². The molecule has 0 spiro atoms. The van der Waals surface area contributed by atoms with E-state index in [0.717, 1.165) is 43.2 Å². The van der Waals surface area contributed by atoms with Crippen LogP contribution in [0, 0.1) is 23.4 Å². The summed E-state index contributed by atoms with van der Waals surface area (Å²) >= 11 is 0. The molecule has 0 aromatic heterocycles. The van der Waals surface area contributed by atoms with Crippen molar-refractivity contribution in [3.63, 3.8) is 0 Å². The summed E-state index contributed by atoms with van der Waals surface area (Å²) in [7, 11) is 0. The molecule has 1 aliphatic rings. The van der Waals surface area contributed by atoms with E-state index in [-0.39, 0.29) is 23.0 Å². The molecule has 0 atom stereocenters. The van der Waals surface area contributed by atoms with E-state index in [1.165, 1.54) is 6.07 Å². The molecule has 1 nitrogen and oxygen atoms in total. The first kappa shape index (κ1) is 25.1. The van der Waals surface area contributed by atoms with E-state index in [1.807, 2.05) is 44.2 Å². The third kappa shape index (κ3) is 5.98. The predicted molar refractivity (Wildman–Crippen MR) is 136 cm³/mol. The number of rotatable bonds is 8. The smallest absolute Gasteiger partial charge is 0.166 e. The molecule has 0 saturated heterocycles. The second-order valence-electron chi connectivity index (χ2n) is 9.36. The maximum Gasteiger partial charge on any atom is 0.166 e. The van der Waals surface area contributed by atoms with E-state index >= 15 is 8.78 Å². The van der Waals surface area contributed by atoms with E-state index in [2.05, 4.69) is 12.2 Å². The first-order chi connectivity index (χ1) is 17.0. The van der Waals surface area contributed by atoms with Crippen LogP contribution in [0.4, 0.5) is 13.2 Å². The second kappa shape index (κ2) is 11.6. The van der Waals surface area contributed by atoms with Crippen LogP contribution < -0.4 is 4.74 Å². The fourth-order valence-electron chi connectivity index (χ4n) is 5.11. The Morgan fingerprint density at radius 1 is 0.829 bits per heavy atom. The van der Waals surface area contributed by atoms with Gasteiger partial charge in [-0.1, -0.05) is 54.6 Å². The quantitative estimate of drug-likeness (QED) is 0.294. The maximum atomic E-state index is 15.1. The first-order valence-electron chi connectivity index (χ1n) is 12.6. The molecule has 35 heavy (non-hydrogen) atoms. The molecule has 184 valence electrons. The van der Waals surface area contributed by atoms with E-state index in [9.17, 15) is 4.39 Å². The molecule has 3 aromatic rings. The zero-order chi connectivity index (χ0) is 24.8. The topological polar surface area (TPSA) is 9.23 Å². The maximum absolute atomic E-state index is 15.1. The van der Waals surface area contributed by atoms with Gasteiger partial charge in [-0.3, -0.25) is 0 Å². The standard InChI is InChI=1S/C31H33F3O/c1-3-5-21-8-13-24(14-9-21)26-17-18-27(31(34)30(26)33)25-15-10-22(11-16-25)6-7-23-12-19-29(35-4-2)28(32)20-23/h3,5,10-12,15-21,24H,4,6-9,13-14H2,1-2H3/b5-3+. The van der Waals surface area contributed by atoms with Gasteiger partial charge in [0, 0.05) is 5.56 Å². The van der Waals surface area contributed by atoms with Crippen LogP contribution in [0.15, 0.2) is 66.7 Å². The summed E-state index contributed by atoms with van der Waals surface area (Å²) in [5.41, 5.74) is 3.39. The summed E-state index contributed by atoms with van der Waals surface area (Å²) in [4.78, 5) is 0. The molecule has 4 rings (SSSR count). The number of ether oxygens (including phenoxy) is 1. The van der Waals surface area contributed by atoms with Crippen molar-refractivity contribution in [1.82, 2.24) is 0 Å². The largest absolute Gasteiger partial charge is 0.491 e. The predicted octanol–water partition coefficient (Wildman–Crippen LogP) is 8.80. The Labute approximate surface area is 206 Å². The number of halogens is 3. The van der Waals surface area contributed by atoms with Crippen LogP contribution in [-0.4, -0.2) is 6.61 Å². The lowest BCUT2D eigenvalue weighted by molar-refractivity contribution is 0.321. The lowest BCUT2D eigenvalue weighted by Gasteiger charge is -2.27. The van der Waals surface area contributed by atoms with Crippen LogP contribution in [0.3, 0.4) is 0 Å². The van der Waals surface area contributed by atoms with Gasteiger partial charge in [0.05, 0.1) is 6.61 Å². The average molecular weight is 479 g/mol. The van der Waals surface area contributed by atoms with Crippen molar-refractivity contribution in [2.75, 3.05) is 6.61 Å². The van der Waals surface area contributed by atoms with Crippen molar-refractivity contribution in [3.05, 3.63) is 101 Å². The van der Waals surface area contributed by atoms with E-state index < -0.39 is 11.6 Å². The molecule has 0 unspecified atom stereocenters. The van der Waals surface area contributed by atoms with Crippen LogP contribution in [-0.2, 0) is 12.8 Å². The Balaban J connectivity index is 1.42. The van der Waals surface area contributed by atoms with Crippen molar-refractivity contribution in [2.45, 2.75) is 58.3 Å². The van der Waals surface area contributed by atoms with Gasteiger partial charge in [0.25, 0.3) is 0 Å². The Hall–Kier alpha value is -3.01. The van der Waals surface area contributed by atoms with Gasteiger partial charge in [-0.05, 0) is 98.6 Å². The summed E-state index contributed by atoms with van der Waals surface area (Å²) in [5, 5.41) is 0. The number of aryl methyl sites for hydroxylation is 2. The van der Waals surface area contributed by atoms with Crippen molar-refractivity contribution < 1.29 is 17.9 Å². The van der Waals surface area contributed by atoms with Gasteiger partial charge >= 0.3 is 0 Å². The Morgan fingerprint density at radius 2 is 1.51 bits per heavy atom. The summed E-state index contributed by atoms with van der Waals surface area (Å²) in [6, 6.07) is 16.0. The molecule has 0 heterocycles. The zero-order valence-corrected chi connectivity index (χ0v) is 20.5. The van der Waals surface area contributed by atoms with E-state index in [4.69, 9.17) is 4.74 Å². The Kier molecular flexibility index (Phi) is 8.33. The highest BCUT2D eigenvalue weighted by atomic mass is 19.2. The molecule has 1 fully saturated rings. The van der Waals surface area contributed by atoms with Gasteiger partial charge in [-0.25, -0.2) is 13.2 Å². The van der Waals surface area contributed by atoms with Gasteiger partial charge in [0.1, 0.15) is 0 Å². The SMILES string of the molecule is C/C=C/C1CCC(c2ccc(-c3ccc(CCc4ccc(OCC)c(F)c4)cc3)c(F)c2F)CC1. The van der Waals surface area contributed by atoms with Gasteiger partial charge in [0.2, 0.25) is 0 Å². The summed E-state index contributed by atoms with van der Waals surface area (Å²) in [6.45, 7) is 4.27. The van der Waals surface area contributed by atoms with Crippen molar-refractivity contribution in [1.29, 1.82) is 0 Å². The molecule has 1 aliphatic carbocycles.